The summed E-state index contributed by atoms with van der Waals surface area (Å²) in [6.45, 7) is 6.07. The largest absolute Gasteiger partial charge is 0.480 e. The van der Waals surface area contributed by atoms with Crippen molar-refractivity contribution in [3.05, 3.63) is 23.0 Å². The van der Waals surface area contributed by atoms with Crippen LogP contribution in [0.15, 0.2) is 6.07 Å². The van der Waals surface area contributed by atoms with E-state index < -0.39 is 5.97 Å². The van der Waals surface area contributed by atoms with Crippen molar-refractivity contribution < 1.29 is 9.90 Å². The number of hydrogen-bond acceptors (Lipinski definition) is 4. The Morgan fingerprint density at radius 1 is 1.56 bits per heavy atom. The summed E-state index contributed by atoms with van der Waals surface area (Å²) in [5.74, 6) is -0.903. The Labute approximate surface area is 107 Å². The van der Waals surface area contributed by atoms with Crippen LogP contribution in [0.2, 0.25) is 0 Å². The minimum absolute atomic E-state index is 0.106. The van der Waals surface area contributed by atoms with Crippen molar-refractivity contribution in [1.82, 2.24) is 4.98 Å². The molecule has 5 heteroatoms. The number of aryl methyl sites for hydroxylation is 2. The molecule has 0 saturated heterocycles. The van der Waals surface area contributed by atoms with Crippen LogP contribution in [-0.4, -0.2) is 29.1 Å². The molecule has 0 amide bonds. The van der Waals surface area contributed by atoms with Gasteiger partial charge in [-0.25, -0.2) is 0 Å². The van der Waals surface area contributed by atoms with Gasteiger partial charge in [0, 0.05) is 12.2 Å². The monoisotopic (exact) mass is 247 g/mol. The van der Waals surface area contributed by atoms with E-state index in [0.717, 1.165) is 12.1 Å². The molecule has 1 heterocycles. The van der Waals surface area contributed by atoms with Crippen LogP contribution in [0.25, 0.3) is 0 Å². The summed E-state index contributed by atoms with van der Waals surface area (Å²) in [5, 5.41) is 18.1. The molecule has 0 atom stereocenters. The van der Waals surface area contributed by atoms with Gasteiger partial charge in [-0.1, -0.05) is 6.92 Å². The Morgan fingerprint density at radius 3 is 2.72 bits per heavy atom. The van der Waals surface area contributed by atoms with Crippen molar-refractivity contribution in [1.29, 1.82) is 5.26 Å². The van der Waals surface area contributed by atoms with Crippen molar-refractivity contribution >= 4 is 11.7 Å². The number of aromatic nitrogens is 1. The second kappa shape index (κ2) is 6.01. The van der Waals surface area contributed by atoms with Crippen LogP contribution in [0.1, 0.15) is 30.3 Å². The first-order valence-electron chi connectivity index (χ1n) is 5.84. The molecule has 18 heavy (non-hydrogen) atoms. The summed E-state index contributed by atoms with van der Waals surface area (Å²) in [6.07, 6.45) is 0.818. The fourth-order valence-electron chi connectivity index (χ4n) is 1.91. The van der Waals surface area contributed by atoms with Crippen LogP contribution < -0.4 is 4.90 Å². The molecule has 0 saturated carbocycles. The van der Waals surface area contributed by atoms with E-state index in [4.69, 9.17) is 5.11 Å². The van der Waals surface area contributed by atoms with Crippen molar-refractivity contribution in [3.63, 3.8) is 0 Å². The average Bonchev–Trinajstić information content (AvgIpc) is 2.27. The Hall–Kier alpha value is -2.09. The van der Waals surface area contributed by atoms with Crippen molar-refractivity contribution in [2.24, 2.45) is 0 Å². The molecule has 0 aliphatic heterocycles. The maximum absolute atomic E-state index is 10.9. The number of carboxylic acid groups (broad SMARTS) is 1. The summed E-state index contributed by atoms with van der Waals surface area (Å²) in [6, 6.07) is 3.87. The maximum atomic E-state index is 10.9. The number of aliphatic carboxylic acids is 1. The minimum Gasteiger partial charge on any atom is -0.480 e. The predicted molar refractivity (Wildman–Crippen MR) is 68.6 cm³/mol. The van der Waals surface area contributed by atoms with Gasteiger partial charge in [0.2, 0.25) is 0 Å². The lowest BCUT2D eigenvalue weighted by Gasteiger charge is -2.24. The summed E-state index contributed by atoms with van der Waals surface area (Å²) in [5.41, 5.74) is 2.54. The fourth-order valence-corrected chi connectivity index (χ4v) is 1.91. The first-order chi connectivity index (χ1) is 8.49. The first kappa shape index (κ1) is 14.0. The molecule has 0 unspecified atom stereocenters. The summed E-state index contributed by atoms with van der Waals surface area (Å²) in [4.78, 5) is 16.8. The van der Waals surface area contributed by atoms with Gasteiger partial charge in [-0.15, -0.1) is 0 Å². The highest BCUT2D eigenvalue weighted by atomic mass is 16.4. The number of nitrogens with zero attached hydrogens (tertiary/aromatic N) is 3. The number of hydrogen-bond donors (Lipinski definition) is 1. The normalized spacial score (nSPS) is 9.89. The second-order valence-electron chi connectivity index (χ2n) is 4.17. The van der Waals surface area contributed by atoms with Crippen molar-refractivity contribution in [2.75, 3.05) is 18.0 Å². The predicted octanol–water partition coefficient (Wildman–Crippen LogP) is 1.87. The number of carbonyl (C=O) groups is 1. The van der Waals surface area contributed by atoms with Crippen molar-refractivity contribution in [3.8, 4) is 6.07 Å². The van der Waals surface area contributed by atoms with Gasteiger partial charge in [0.05, 0.1) is 16.9 Å². The average molecular weight is 247 g/mol. The first-order valence-corrected chi connectivity index (χ1v) is 5.84. The topological polar surface area (TPSA) is 77.2 Å². The molecule has 0 spiro atoms. The number of pyridine rings is 1. The number of anilines is 1. The van der Waals surface area contributed by atoms with Crippen molar-refractivity contribution in [2.45, 2.75) is 27.2 Å². The van der Waals surface area contributed by atoms with Gasteiger partial charge in [-0.2, -0.15) is 5.26 Å². The third-order valence-electron chi connectivity index (χ3n) is 2.58. The molecule has 96 valence electrons. The lowest BCUT2D eigenvalue weighted by Crippen LogP contribution is -2.31. The fraction of sp³-hybridized carbons (Fsp3) is 0.462. The quantitative estimate of drug-likeness (QED) is 0.859. The van der Waals surface area contributed by atoms with Crippen LogP contribution >= 0.6 is 0 Å². The van der Waals surface area contributed by atoms with Gasteiger partial charge in [0.15, 0.2) is 0 Å². The SMILES string of the molecule is CCCN(CC(=O)O)c1cc(C)nc(C)c1C#N. The van der Waals surface area contributed by atoms with Gasteiger partial charge in [0.25, 0.3) is 0 Å². The van der Waals surface area contributed by atoms with E-state index in [1.165, 1.54) is 0 Å². The number of rotatable bonds is 5. The Bertz CT molecular complexity index is 492. The van der Waals surface area contributed by atoms with E-state index in [9.17, 15) is 10.1 Å². The Morgan fingerprint density at radius 2 is 2.22 bits per heavy atom. The zero-order valence-corrected chi connectivity index (χ0v) is 10.9. The van der Waals surface area contributed by atoms with E-state index >= 15 is 0 Å². The van der Waals surface area contributed by atoms with Crippen LogP contribution in [0.5, 0.6) is 0 Å². The lowest BCUT2D eigenvalue weighted by atomic mass is 10.1. The molecule has 1 N–H and O–H groups in total. The Kier molecular flexibility index (Phi) is 4.67. The second-order valence-corrected chi connectivity index (χ2v) is 4.17. The lowest BCUT2D eigenvalue weighted by molar-refractivity contribution is -0.135. The smallest absolute Gasteiger partial charge is 0.323 e. The van der Waals surface area contributed by atoms with Crippen LogP contribution in [-0.2, 0) is 4.79 Å². The Balaban J connectivity index is 3.26. The molecule has 1 rings (SSSR count). The van der Waals surface area contributed by atoms with E-state index in [-0.39, 0.29) is 6.54 Å². The van der Waals surface area contributed by atoms with E-state index in [1.807, 2.05) is 13.8 Å². The molecule has 1 aromatic heterocycles. The van der Waals surface area contributed by atoms with Gasteiger partial charge < -0.3 is 10.0 Å². The third-order valence-corrected chi connectivity index (χ3v) is 2.58. The minimum atomic E-state index is -0.903. The van der Waals surface area contributed by atoms with Gasteiger partial charge >= 0.3 is 5.97 Å². The van der Waals surface area contributed by atoms with Crippen LogP contribution in [0.3, 0.4) is 0 Å². The number of nitriles is 1. The molecule has 5 nitrogen and oxygen atoms in total. The maximum Gasteiger partial charge on any atom is 0.323 e. The molecule has 0 radical (unpaired) electrons. The zero-order valence-electron chi connectivity index (χ0n) is 10.9. The van der Waals surface area contributed by atoms with E-state index in [2.05, 4.69) is 11.1 Å². The van der Waals surface area contributed by atoms with E-state index in [1.54, 1.807) is 17.9 Å². The molecule has 0 aromatic carbocycles. The molecule has 0 fully saturated rings. The highest BCUT2D eigenvalue weighted by molar-refractivity contribution is 5.75. The van der Waals surface area contributed by atoms with Gasteiger partial charge in [0.1, 0.15) is 12.6 Å². The molecule has 1 aromatic rings. The third kappa shape index (κ3) is 3.20. The van der Waals surface area contributed by atoms with Crippen LogP contribution in [0.4, 0.5) is 5.69 Å². The van der Waals surface area contributed by atoms with Gasteiger partial charge in [-0.05, 0) is 26.3 Å². The highest BCUT2D eigenvalue weighted by Gasteiger charge is 2.16. The van der Waals surface area contributed by atoms with Crippen LogP contribution in [0, 0.1) is 25.2 Å². The molecular formula is C13H17N3O2. The summed E-state index contributed by atoms with van der Waals surface area (Å²) in [7, 11) is 0. The molecule has 0 bridgehead atoms. The zero-order chi connectivity index (χ0) is 13.7. The molecule has 0 aliphatic rings. The number of carboxylic acids is 1. The standard InChI is InChI=1S/C13H17N3O2/c1-4-5-16(8-13(17)18)12-6-9(2)15-10(3)11(12)7-14/h6H,4-5,8H2,1-3H3,(H,17,18). The van der Waals surface area contributed by atoms with E-state index in [0.29, 0.717) is 23.5 Å². The molecule has 0 aliphatic carbocycles. The summed E-state index contributed by atoms with van der Waals surface area (Å²) < 4.78 is 0. The molecular weight excluding hydrogens is 230 g/mol. The van der Waals surface area contributed by atoms with Gasteiger partial charge in [-0.3, -0.25) is 9.78 Å². The highest BCUT2D eigenvalue weighted by Crippen LogP contribution is 2.23. The summed E-state index contributed by atoms with van der Waals surface area (Å²) >= 11 is 0.